The minimum Gasteiger partial charge on any atom is -0.310 e. The minimum absolute atomic E-state index is 0.159. The maximum absolute atomic E-state index is 5.34. The normalized spacial score (nSPS) is 12.5. The van der Waals surface area contributed by atoms with Gasteiger partial charge in [0, 0.05) is 95.3 Å². The van der Waals surface area contributed by atoms with Crippen LogP contribution in [0.1, 0.15) is 25.0 Å². The lowest BCUT2D eigenvalue weighted by Gasteiger charge is -2.28. The fourth-order valence-corrected chi connectivity index (χ4v) is 15.3. The molecule has 19 rings (SSSR count). The van der Waals surface area contributed by atoms with Gasteiger partial charge < -0.3 is 14.0 Å². The van der Waals surface area contributed by atoms with Gasteiger partial charge >= 0.3 is 0 Å². The van der Waals surface area contributed by atoms with E-state index in [1.54, 1.807) is 0 Å². The van der Waals surface area contributed by atoms with Crippen molar-refractivity contribution in [1.29, 1.82) is 0 Å². The smallest absolute Gasteiger partial charge is 0.164 e. The van der Waals surface area contributed by atoms with Crippen molar-refractivity contribution in [2.45, 2.75) is 19.3 Å². The van der Waals surface area contributed by atoms with Gasteiger partial charge in [0.2, 0.25) is 0 Å². The molecule has 8 heteroatoms. The molecule has 13 aromatic carbocycles. The van der Waals surface area contributed by atoms with E-state index in [0.717, 1.165) is 111 Å². The van der Waals surface area contributed by atoms with Crippen LogP contribution in [-0.4, -0.2) is 34.1 Å². The highest BCUT2D eigenvalue weighted by Gasteiger charge is 2.36. The van der Waals surface area contributed by atoms with E-state index in [-0.39, 0.29) is 5.41 Å². The summed E-state index contributed by atoms with van der Waals surface area (Å²) in [7, 11) is 0. The van der Waals surface area contributed by atoms with E-state index in [0.29, 0.717) is 17.5 Å². The number of para-hydroxylation sites is 2. The van der Waals surface area contributed by atoms with Crippen molar-refractivity contribution in [3.63, 3.8) is 0 Å². The topological polar surface area (TPSA) is 77.5 Å². The Kier molecular flexibility index (Phi) is 13.1. The predicted molar refractivity (Wildman–Crippen MR) is 404 cm³/mol. The second-order valence-corrected chi connectivity index (χ2v) is 26.0. The lowest BCUT2D eigenvalue weighted by Crippen LogP contribution is -2.16. The molecule has 460 valence electrons. The van der Waals surface area contributed by atoms with E-state index in [4.69, 9.17) is 24.9 Å². The average Bonchev–Trinajstić information content (AvgIpc) is 1.14. The lowest BCUT2D eigenvalue weighted by molar-refractivity contribution is 0.660. The number of fused-ring (bicyclic) bond motifs is 11. The molecule has 8 nitrogen and oxygen atoms in total. The highest BCUT2D eigenvalue weighted by molar-refractivity contribution is 6.14. The molecule has 5 aromatic heterocycles. The maximum Gasteiger partial charge on any atom is 0.164 e. The summed E-state index contributed by atoms with van der Waals surface area (Å²) in [6, 6.07) is 114. The largest absolute Gasteiger partial charge is 0.310 e. The van der Waals surface area contributed by atoms with Crippen LogP contribution in [0.15, 0.2) is 328 Å². The van der Waals surface area contributed by atoms with Crippen LogP contribution in [0.3, 0.4) is 0 Å². The quantitative estimate of drug-likeness (QED) is 0.128. The van der Waals surface area contributed by atoms with Crippen LogP contribution in [0.25, 0.3) is 155 Å². The Hall–Kier alpha value is -12.9. The first kappa shape index (κ1) is 56.6. The van der Waals surface area contributed by atoms with Gasteiger partial charge in [-0.05, 0) is 183 Å². The van der Waals surface area contributed by atoms with Crippen LogP contribution in [0.4, 0.5) is 17.1 Å². The molecule has 1 aliphatic carbocycles. The zero-order valence-electron chi connectivity index (χ0n) is 53.8. The fraction of sp³-hybridized carbons (Fsp3) is 0.0333. The van der Waals surface area contributed by atoms with Gasteiger partial charge in [-0.25, -0.2) is 15.0 Å². The van der Waals surface area contributed by atoms with Crippen LogP contribution < -0.4 is 4.90 Å². The Bertz CT molecular complexity index is 6100. The second kappa shape index (κ2) is 22.7. The highest BCUT2D eigenvalue weighted by Crippen LogP contribution is 2.51. The number of hydrogen-bond acceptors (Lipinski definition) is 6. The zero-order valence-corrected chi connectivity index (χ0v) is 53.8. The Balaban J connectivity index is 0.763. The summed E-state index contributed by atoms with van der Waals surface area (Å²) in [6.07, 6.45) is 3.64. The number of nitrogens with zero attached hydrogens (tertiary/aromatic N) is 8. The average molecular weight is 1250 g/mol. The number of hydrogen-bond donors (Lipinski definition) is 0. The van der Waals surface area contributed by atoms with Gasteiger partial charge in [0.05, 0.1) is 33.1 Å². The van der Waals surface area contributed by atoms with Crippen molar-refractivity contribution in [3.05, 3.63) is 339 Å². The molecule has 1 aliphatic rings. The van der Waals surface area contributed by atoms with Crippen molar-refractivity contribution in [2.24, 2.45) is 0 Å². The van der Waals surface area contributed by atoms with E-state index in [9.17, 15) is 0 Å². The summed E-state index contributed by atoms with van der Waals surface area (Å²) < 4.78 is 4.77. The van der Waals surface area contributed by atoms with E-state index >= 15 is 0 Å². The van der Waals surface area contributed by atoms with E-state index < -0.39 is 0 Å². The fourth-order valence-electron chi connectivity index (χ4n) is 15.3. The molecule has 0 saturated heterocycles. The van der Waals surface area contributed by atoms with Gasteiger partial charge in [-0.3, -0.25) is 9.97 Å². The molecular weight excluding hydrogens is 1190 g/mol. The van der Waals surface area contributed by atoms with Crippen LogP contribution in [0.5, 0.6) is 0 Å². The van der Waals surface area contributed by atoms with E-state index in [1.807, 2.05) is 48.8 Å². The Morgan fingerprint density at radius 2 is 0.694 bits per heavy atom. The third kappa shape index (κ3) is 9.32. The number of aromatic nitrogens is 7. The SMILES string of the molecule is CC1(C)c2ccccc2-c2ccc(N(c3ccc(-c4ccccc4)cc3)c3ccc(-c4ccc5c(c4)c4cc(-c6ccc7c(c6)c6ccccc6n7-c6ccccc6)ccc4n5-c4cccc(-c5nc(-c6cccc7ncccc67)nc(-c6cccc7ncccc67)n5)c4)cc3)cc21. The summed E-state index contributed by atoms with van der Waals surface area (Å²) >= 11 is 0. The summed E-state index contributed by atoms with van der Waals surface area (Å²) in [4.78, 5) is 27.8. The Labute approximate surface area is 566 Å². The van der Waals surface area contributed by atoms with Crippen molar-refractivity contribution in [3.8, 4) is 90.0 Å². The summed E-state index contributed by atoms with van der Waals surface area (Å²) in [5.41, 5.74) is 26.2. The van der Waals surface area contributed by atoms with Gasteiger partial charge in [-0.1, -0.05) is 202 Å². The number of rotatable bonds is 11. The molecule has 0 fully saturated rings. The molecule has 98 heavy (non-hydrogen) atoms. The van der Waals surface area contributed by atoms with E-state index in [1.165, 1.54) is 55.2 Å². The molecule has 0 atom stereocenters. The molecule has 0 aliphatic heterocycles. The Morgan fingerprint density at radius 1 is 0.265 bits per heavy atom. The first-order valence-electron chi connectivity index (χ1n) is 33.4. The predicted octanol–water partition coefficient (Wildman–Crippen LogP) is 22.9. The van der Waals surface area contributed by atoms with Gasteiger partial charge in [-0.15, -0.1) is 0 Å². The maximum atomic E-state index is 5.34. The number of anilines is 3. The first-order chi connectivity index (χ1) is 48.3. The Morgan fingerprint density at radius 3 is 1.33 bits per heavy atom. The molecular formula is C90H60N8. The first-order valence-corrected chi connectivity index (χ1v) is 33.4. The van der Waals surface area contributed by atoms with Crippen LogP contribution in [0, 0.1) is 0 Å². The summed E-state index contributed by atoms with van der Waals surface area (Å²) in [5.74, 6) is 1.68. The number of pyridine rings is 2. The molecule has 5 heterocycles. The van der Waals surface area contributed by atoms with Gasteiger partial charge in [-0.2, -0.15) is 0 Å². The third-order valence-corrected chi connectivity index (χ3v) is 20.1. The van der Waals surface area contributed by atoms with Gasteiger partial charge in [0.1, 0.15) is 0 Å². The van der Waals surface area contributed by atoms with Gasteiger partial charge in [0.25, 0.3) is 0 Å². The second-order valence-electron chi connectivity index (χ2n) is 26.0. The minimum atomic E-state index is -0.159. The molecule has 0 bridgehead atoms. The van der Waals surface area contributed by atoms with Crippen LogP contribution >= 0.6 is 0 Å². The standard InChI is InChI=1S/C90H60N8/c1-90(2)79-30-11-9-24-69(79)70-46-45-68(56-80(70)90)96(65-41-34-58(35-42-65)57-18-5-3-6-19-57)66-43-36-59(37-44-66)60-38-47-85-77(53-60)78-55-62(61-39-48-84-76(54-61)73-25-10-12-33-83(73)97(84)64-21-7-4-8-22-64)40-49-86(78)98(85)67-23-13-20-63(52-67)87-93-88(74-26-14-31-81-71(74)28-16-50-91-81)95-89(94-87)75-27-15-32-82-72(75)29-17-51-92-82/h3-56H,1-2H3. The summed E-state index contributed by atoms with van der Waals surface area (Å²) in [6.45, 7) is 4.71. The number of benzene rings is 13. The van der Waals surface area contributed by atoms with Gasteiger partial charge in [0.15, 0.2) is 17.5 Å². The monoisotopic (exact) mass is 1250 g/mol. The van der Waals surface area contributed by atoms with Crippen molar-refractivity contribution < 1.29 is 0 Å². The van der Waals surface area contributed by atoms with Crippen molar-refractivity contribution >= 4 is 82.5 Å². The molecule has 0 radical (unpaired) electrons. The van der Waals surface area contributed by atoms with Crippen LogP contribution in [0.2, 0.25) is 0 Å². The lowest BCUT2D eigenvalue weighted by atomic mass is 9.82. The van der Waals surface area contributed by atoms with Crippen molar-refractivity contribution in [2.75, 3.05) is 4.90 Å². The molecule has 0 unspecified atom stereocenters. The summed E-state index contributed by atoms with van der Waals surface area (Å²) in [5, 5.41) is 6.62. The molecule has 0 N–H and O–H groups in total. The molecule has 0 amide bonds. The molecule has 0 saturated carbocycles. The van der Waals surface area contributed by atoms with E-state index in [2.05, 4.69) is 307 Å². The molecule has 0 spiro atoms. The van der Waals surface area contributed by atoms with Crippen LogP contribution in [-0.2, 0) is 5.41 Å². The van der Waals surface area contributed by atoms with Crippen molar-refractivity contribution in [1.82, 2.24) is 34.1 Å². The zero-order chi connectivity index (χ0) is 65.0. The highest BCUT2D eigenvalue weighted by atomic mass is 15.1. The molecule has 18 aromatic rings. The third-order valence-electron chi connectivity index (χ3n) is 20.1.